The number of halogens is 1. The second-order valence-electron chi connectivity index (χ2n) is 3.65. The number of carbonyl (C=O) groups is 1. The third-order valence-corrected chi connectivity index (χ3v) is 3.70. The molecule has 100 valence electrons. The molecule has 6 nitrogen and oxygen atoms in total. The van der Waals surface area contributed by atoms with E-state index in [4.69, 9.17) is 10.7 Å². The van der Waals surface area contributed by atoms with Gasteiger partial charge in [-0.05, 0) is 17.7 Å². The lowest BCUT2D eigenvalue weighted by Gasteiger charge is -2.03. The maximum absolute atomic E-state index is 11.6. The quantitative estimate of drug-likeness (QED) is 0.865. The molecule has 0 saturated heterocycles. The summed E-state index contributed by atoms with van der Waals surface area (Å²) in [6.45, 7) is 0.244. The summed E-state index contributed by atoms with van der Waals surface area (Å²) in [5.74, 6) is -0.372. The topological polar surface area (TPSA) is 89.3 Å². The van der Waals surface area contributed by atoms with Crippen LogP contribution in [0.3, 0.4) is 0 Å². The fourth-order valence-electron chi connectivity index (χ4n) is 1.37. The number of carbonyl (C=O) groups excluding carboxylic acids is 1. The highest BCUT2D eigenvalue weighted by molar-refractivity contribution is 8.13. The Hall–Kier alpha value is -1.86. The molecule has 0 saturated carbocycles. The molecule has 0 fully saturated rings. The smallest absolute Gasteiger partial charge is 0.273 e. The Morgan fingerprint density at radius 2 is 1.95 bits per heavy atom. The molecule has 19 heavy (non-hydrogen) atoms. The van der Waals surface area contributed by atoms with Crippen LogP contribution in [-0.4, -0.2) is 19.5 Å². The molecule has 2 rings (SSSR count). The van der Waals surface area contributed by atoms with Crippen molar-refractivity contribution in [3.63, 3.8) is 0 Å². The zero-order valence-electron chi connectivity index (χ0n) is 9.54. The first-order valence-corrected chi connectivity index (χ1v) is 7.50. The van der Waals surface area contributed by atoms with E-state index in [0.29, 0.717) is 0 Å². The third-order valence-electron chi connectivity index (χ3n) is 2.33. The molecule has 0 atom stereocenters. The number of benzene rings is 1. The molecule has 0 radical (unpaired) electrons. The van der Waals surface area contributed by atoms with Crippen molar-refractivity contribution in [3.8, 4) is 0 Å². The Labute approximate surface area is 113 Å². The molecule has 8 heteroatoms. The van der Waals surface area contributed by atoms with E-state index in [1.54, 1.807) is 12.1 Å². The van der Waals surface area contributed by atoms with Crippen LogP contribution < -0.4 is 5.32 Å². The van der Waals surface area contributed by atoms with E-state index in [1.165, 1.54) is 24.5 Å². The van der Waals surface area contributed by atoms with Gasteiger partial charge in [-0.1, -0.05) is 17.3 Å². The van der Waals surface area contributed by atoms with Crippen LogP contribution in [0.4, 0.5) is 0 Å². The SMILES string of the molecule is O=C(NCc1ccc(S(=O)(=O)Cl)cc1)c1ccon1. The van der Waals surface area contributed by atoms with Crippen molar-refractivity contribution in [2.24, 2.45) is 0 Å². The van der Waals surface area contributed by atoms with Crippen molar-refractivity contribution in [2.45, 2.75) is 11.4 Å². The number of rotatable bonds is 4. The minimum Gasteiger partial charge on any atom is -0.364 e. The fraction of sp³-hybridized carbons (Fsp3) is 0.0909. The van der Waals surface area contributed by atoms with Crippen LogP contribution in [0.25, 0.3) is 0 Å². The second-order valence-corrected chi connectivity index (χ2v) is 6.22. The van der Waals surface area contributed by atoms with Gasteiger partial charge in [0, 0.05) is 23.3 Å². The first-order chi connectivity index (χ1) is 8.97. The summed E-state index contributed by atoms with van der Waals surface area (Å²) in [6, 6.07) is 7.33. The number of nitrogens with one attached hydrogen (secondary N) is 1. The highest BCUT2D eigenvalue weighted by atomic mass is 35.7. The van der Waals surface area contributed by atoms with E-state index in [0.717, 1.165) is 5.56 Å². The minimum absolute atomic E-state index is 0.0146. The summed E-state index contributed by atoms with van der Waals surface area (Å²) in [5.41, 5.74) is 0.917. The molecule has 1 heterocycles. The van der Waals surface area contributed by atoms with Gasteiger partial charge in [-0.2, -0.15) is 0 Å². The van der Waals surface area contributed by atoms with Gasteiger partial charge in [-0.3, -0.25) is 4.79 Å². The summed E-state index contributed by atoms with van der Waals surface area (Å²) in [6.07, 6.45) is 1.30. The van der Waals surface area contributed by atoms with Crippen molar-refractivity contribution < 1.29 is 17.7 Å². The minimum atomic E-state index is -3.72. The van der Waals surface area contributed by atoms with Gasteiger partial charge in [0.2, 0.25) is 0 Å². The van der Waals surface area contributed by atoms with E-state index >= 15 is 0 Å². The Morgan fingerprint density at radius 1 is 1.26 bits per heavy atom. The maximum atomic E-state index is 11.6. The second kappa shape index (κ2) is 5.41. The normalized spacial score (nSPS) is 11.2. The zero-order chi connectivity index (χ0) is 13.9. The number of nitrogens with zero attached hydrogens (tertiary/aromatic N) is 1. The summed E-state index contributed by atoms with van der Waals surface area (Å²) >= 11 is 0. The van der Waals surface area contributed by atoms with Crippen LogP contribution >= 0.6 is 10.7 Å². The predicted octanol–water partition coefficient (Wildman–Crippen LogP) is 1.53. The van der Waals surface area contributed by atoms with Crippen molar-refractivity contribution in [2.75, 3.05) is 0 Å². The van der Waals surface area contributed by atoms with Crippen LogP contribution in [0.1, 0.15) is 16.1 Å². The van der Waals surface area contributed by atoms with Gasteiger partial charge >= 0.3 is 0 Å². The number of aromatic nitrogens is 1. The van der Waals surface area contributed by atoms with Gasteiger partial charge in [0.25, 0.3) is 15.0 Å². The standard InChI is InChI=1S/C11H9ClN2O4S/c12-19(16,17)9-3-1-8(2-4-9)7-13-11(15)10-5-6-18-14-10/h1-6H,7H2,(H,13,15). The number of hydrogen-bond acceptors (Lipinski definition) is 5. The fourth-order valence-corrected chi connectivity index (χ4v) is 2.14. The van der Waals surface area contributed by atoms with Crippen LogP contribution in [0.15, 0.2) is 46.0 Å². The molecule has 0 unspecified atom stereocenters. The van der Waals surface area contributed by atoms with Crippen LogP contribution in [-0.2, 0) is 15.6 Å². The van der Waals surface area contributed by atoms with Crippen LogP contribution in [0.5, 0.6) is 0 Å². The van der Waals surface area contributed by atoms with Gasteiger partial charge in [-0.15, -0.1) is 0 Å². The molecule has 1 amide bonds. The molecule has 0 aliphatic heterocycles. The highest BCUT2D eigenvalue weighted by Crippen LogP contribution is 2.15. The summed E-state index contributed by atoms with van der Waals surface area (Å²) in [7, 11) is 1.47. The van der Waals surface area contributed by atoms with Gasteiger partial charge in [0.05, 0.1) is 4.90 Å². The van der Waals surface area contributed by atoms with E-state index in [2.05, 4.69) is 15.0 Å². The highest BCUT2D eigenvalue weighted by Gasteiger charge is 2.10. The molecule has 1 N–H and O–H groups in total. The first kappa shape index (κ1) is 13.6. The molecule has 2 aromatic rings. The van der Waals surface area contributed by atoms with E-state index < -0.39 is 9.05 Å². The first-order valence-electron chi connectivity index (χ1n) is 5.19. The van der Waals surface area contributed by atoms with Crippen molar-refractivity contribution in [3.05, 3.63) is 47.9 Å². The third kappa shape index (κ3) is 3.55. The summed E-state index contributed by atoms with van der Waals surface area (Å²) in [5, 5.41) is 6.11. The molecule has 1 aromatic carbocycles. The van der Waals surface area contributed by atoms with Gasteiger partial charge < -0.3 is 9.84 Å². The van der Waals surface area contributed by atoms with Gasteiger partial charge in [0.1, 0.15) is 6.26 Å². The van der Waals surface area contributed by atoms with Gasteiger partial charge in [0.15, 0.2) is 5.69 Å². The molecule has 0 spiro atoms. The molecule has 1 aromatic heterocycles. The lowest BCUT2D eigenvalue weighted by molar-refractivity contribution is 0.0942. The monoisotopic (exact) mass is 300 g/mol. The average Bonchev–Trinajstić information content (AvgIpc) is 2.89. The number of amides is 1. The number of hydrogen-bond donors (Lipinski definition) is 1. The zero-order valence-corrected chi connectivity index (χ0v) is 11.1. The Bertz CT molecular complexity index is 665. The van der Waals surface area contributed by atoms with Crippen molar-refractivity contribution >= 4 is 25.6 Å². The lowest BCUT2D eigenvalue weighted by atomic mass is 10.2. The van der Waals surface area contributed by atoms with E-state index in [9.17, 15) is 13.2 Å². The van der Waals surface area contributed by atoms with E-state index in [1.807, 2.05) is 0 Å². The van der Waals surface area contributed by atoms with Crippen molar-refractivity contribution in [1.29, 1.82) is 0 Å². The van der Waals surface area contributed by atoms with Crippen molar-refractivity contribution in [1.82, 2.24) is 10.5 Å². The summed E-state index contributed by atoms with van der Waals surface area (Å²) in [4.78, 5) is 11.6. The molecule has 0 aliphatic rings. The molecular weight excluding hydrogens is 292 g/mol. The summed E-state index contributed by atoms with van der Waals surface area (Å²) < 4.78 is 26.6. The Kier molecular flexibility index (Phi) is 3.87. The maximum Gasteiger partial charge on any atom is 0.273 e. The Balaban J connectivity index is 1.99. The predicted molar refractivity (Wildman–Crippen MR) is 67.2 cm³/mol. The lowest BCUT2D eigenvalue weighted by Crippen LogP contribution is -2.22. The Morgan fingerprint density at radius 3 is 2.47 bits per heavy atom. The molecule has 0 aliphatic carbocycles. The molecular formula is C11H9ClN2O4S. The molecule has 0 bridgehead atoms. The average molecular weight is 301 g/mol. The van der Waals surface area contributed by atoms with Crippen LogP contribution in [0.2, 0.25) is 0 Å². The van der Waals surface area contributed by atoms with Crippen LogP contribution in [0, 0.1) is 0 Å². The van der Waals surface area contributed by atoms with E-state index in [-0.39, 0.29) is 23.0 Å². The largest absolute Gasteiger partial charge is 0.364 e. The van der Waals surface area contributed by atoms with Gasteiger partial charge in [-0.25, -0.2) is 8.42 Å².